The second kappa shape index (κ2) is 8.26. The predicted molar refractivity (Wildman–Crippen MR) is 79.9 cm³/mol. The van der Waals surface area contributed by atoms with Crippen molar-refractivity contribution in [2.75, 3.05) is 13.2 Å². The fourth-order valence-electron chi connectivity index (χ4n) is 2.11. The highest BCUT2D eigenvalue weighted by Gasteiger charge is 2.50. The molecular formula is C16H20FNO5. The Kier molecular flexibility index (Phi) is 6.68. The lowest BCUT2D eigenvalue weighted by atomic mass is 9.90. The molecule has 126 valence electrons. The third kappa shape index (κ3) is 4.51. The Balaban J connectivity index is 3.35. The minimum absolute atomic E-state index is 0.00313. The number of nitrogens with one attached hydrogen (secondary N) is 1. The standard InChI is InChI=1S/C16H20FNO5/c1-4-22-14(20)16(18-11(3)19,15(21)23-5-2)10-12-8-6-7-9-13(12)17/h6-9H,4-5,10H2,1-3H3,(H,18,19). The molecule has 0 bridgehead atoms. The molecule has 0 heterocycles. The monoisotopic (exact) mass is 325 g/mol. The summed E-state index contributed by atoms with van der Waals surface area (Å²) >= 11 is 0. The molecule has 0 aliphatic heterocycles. The maximum absolute atomic E-state index is 13.9. The lowest BCUT2D eigenvalue weighted by Gasteiger charge is -2.29. The average molecular weight is 325 g/mol. The summed E-state index contributed by atoms with van der Waals surface area (Å²) in [7, 11) is 0. The van der Waals surface area contributed by atoms with Gasteiger partial charge in [0.15, 0.2) is 0 Å². The molecule has 0 radical (unpaired) electrons. The zero-order valence-electron chi connectivity index (χ0n) is 13.3. The second-order valence-electron chi connectivity index (χ2n) is 4.80. The zero-order chi connectivity index (χ0) is 17.5. The quantitative estimate of drug-likeness (QED) is 0.605. The number of hydrogen-bond donors (Lipinski definition) is 1. The first-order chi connectivity index (χ1) is 10.9. The average Bonchev–Trinajstić information content (AvgIpc) is 2.48. The summed E-state index contributed by atoms with van der Waals surface area (Å²) in [4.78, 5) is 36.3. The smallest absolute Gasteiger partial charge is 0.344 e. The molecule has 1 rings (SSSR count). The van der Waals surface area contributed by atoms with E-state index in [4.69, 9.17) is 9.47 Å². The van der Waals surface area contributed by atoms with Crippen LogP contribution in [0.2, 0.25) is 0 Å². The number of ether oxygens (including phenoxy) is 2. The number of rotatable bonds is 7. The maximum Gasteiger partial charge on any atom is 0.344 e. The fourth-order valence-corrected chi connectivity index (χ4v) is 2.11. The molecule has 0 unspecified atom stereocenters. The first-order valence-electron chi connectivity index (χ1n) is 7.24. The van der Waals surface area contributed by atoms with Crippen LogP contribution in [0.4, 0.5) is 4.39 Å². The van der Waals surface area contributed by atoms with Gasteiger partial charge in [-0.25, -0.2) is 14.0 Å². The number of carbonyl (C=O) groups excluding carboxylic acids is 3. The Labute approximate surface area is 134 Å². The number of esters is 2. The van der Waals surface area contributed by atoms with Gasteiger partial charge in [-0.2, -0.15) is 0 Å². The van der Waals surface area contributed by atoms with Crippen molar-refractivity contribution in [2.24, 2.45) is 0 Å². The van der Waals surface area contributed by atoms with Crippen molar-refractivity contribution in [3.63, 3.8) is 0 Å². The molecule has 0 aliphatic rings. The van der Waals surface area contributed by atoms with Crippen LogP contribution in [0.3, 0.4) is 0 Å². The lowest BCUT2D eigenvalue weighted by molar-refractivity contribution is -0.168. The van der Waals surface area contributed by atoms with Crippen LogP contribution in [0.25, 0.3) is 0 Å². The fraction of sp³-hybridized carbons (Fsp3) is 0.438. The molecule has 1 amide bonds. The highest BCUT2D eigenvalue weighted by Crippen LogP contribution is 2.20. The van der Waals surface area contributed by atoms with Crippen LogP contribution in [0.15, 0.2) is 24.3 Å². The summed E-state index contributed by atoms with van der Waals surface area (Å²) in [6.07, 6.45) is -0.406. The molecule has 0 spiro atoms. The van der Waals surface area contributed by atoms with E-state index in [1.807, 2.05) is 0 Å². The molecular weight excluding hydrogens is 305 g/mol. The molecule has 0 fully saturated rings. The SMILES string of the molecule is CCOC(=O)C(Cc1ccccc1F)(NC(C)=O)C(=O)OCC. The summed E-state index contributed by atoms with van der Waals surface area (Å²) in [5.41, 5.74) is -2.04. The number of benzene rings is 1. The van der Waals surface area contributed by atoms with E-state index in [9.17, 15) is 18.8 Å². The third-order valence-electron chi connectivity index (χ3n) is 3.05. The van der Waals surface area contributed by atoms with Crippen molar-refractivity contribution < 1.29 is 28.2 Å². The van der Waals surface area contributed by atoms with Gasteiger partial charge in [0, 0.05) is 13.3 Å². The highest BCUT2D eigenvalue weighted by atomic mass is 19.1. The maximum atomic E-state index is 13.9. The van der Waals surface area contributed by atoms with Gasteiger partial charge in [-0.05, 0) is 25.5 Å². The summed E-state index contributed by atoms with van der Waals surface area (Å²) in [5.74, 6) is -3.22. The van der Waals surface area contributed by atoms with Gasteiger partial charge in [0.1, 0.15) is 5.82 Å². The third-order valence-corrected chi connectivity index (χ3v) is 3.05. The van der Waals surface area contributed by atoms with Crippen molar-refractivity contribution in [1.29, 1.82) is 0 Å². The molecule has 0 aromatic heterocycles. The summed E-state index contributed by atoms with van der Waals surface area (Å²) in [5, 5.41) is 2.28. The molecule has 1 aromatic rings. The van der Waals surface area contributed by atoms with Gasteiger partial charge in [0.05, 0.1) is 13.2 Å². The second-order valence-corrected chi connectivity index (χ2v) is 4.80. The number of amides is 1. The van der Waals surface area contributed by atoms with Crippen LogP contribution in [0.5, 0.6) is 0 Å². The van der Waals surface area contributed by atoms with Crippen LogP contribution in [0, 0.1) is 5.82 Å². The topological polar surface area (TPSA) is 81.7 Å². The van der Waals surface area contributed by atoms with E-state index < -0.39 is 35.6 Å². The van der Waals surface area contributed by atoms with Gasteiger partial charge in [0.2, 0.25) is 11.4 Å². The van der Waals surface area contributed by atoms with Crippen molar-refractivity contribution in [2.45, 2.75) is 32.7 Å². The van der Waals surface area contributed by atoms with E-state index in [1.54, 1.807) is 19.9 Å². The predicted octanol–water partition coefficient (Wildman–Crippen LogP) is 1.37. The molecule has 0 saturated carbocycles. The van der Waals surface area contributed by atoms with E-state index in [0.29, 0.717) is 0 Å². The number of hydrogen-bond acceptors (Lipinski definition) is 5. The Morgan fingerprint density at radius 1 is 1.09 bits per heavy atom. The van der Waals surface area contributed by atoms with Crippen LogP contribution in [-0.2, 0) is 30.3 Å². The van der Waals surface area contributed by atoms with Crippen molar-refractivity contribution in [3.8, 4) is 0 Å². The molecule has 1 aromatic carbocycles. The number of halogens is 1. The lowest BCUT2D eigenvalue weighted by Crippen LogP contribution is -2.62. The van der Waals surface area contributed by atoms with Crippen molar-refractivity contribution in [3.05, 3.63) is 35.6 Å². The van der Waals surface area contributed by atoms with E-state index in [2.05, 4.69) is 5.32 Å². The zero-order valence-corrected chi connectivity index (χ0v) is 13.3. The molecule has 0 saturated heterocycles. The highest BCUT2D eigenvalue weighted by molar-refractivity contribution is 6.08. The van der Waals surface area contributed by atoms with Gasteiger partial charge < -0.3 is 14.8 Å². The van der Waals surface area contributed by atoms with Gasteiger partial charge in [-0.3, -0.25) is 4.79 Å². The number of carbonyl (C=O) groups is 3. The molecule has 7 heteroatoms. The van der Waals surface area contributed by atoms with Crippen LogP contribution >= 0.6 is 0 Å². The molecule has 6 nitrogen and oxygen atoms in total. The molecule has 0 atom stereocenters. The van der Waals surface area contributed by atoms with E-state index in [0.717, 1.165) is 6.92 Å². The first-order valence-corrected chi connectivity index (χ1v) is 7.24. The summed E-state index contributed by atoms with van der Waals surface area (Å²) in [6.45, 7) is 4.26. The van der Waals surface area contributed by atoms with Crippen LogP contribution in [-0.4, -0.2) is 36.6 Å². The Bertz CT molecular complexity index is 570. The van der Waals surface area contributed by atoms with Gasteiger partial charge >= 0.3 is 11.9 Å². The summed E-state index contributed by atoms with van der Waals surface area (Å²) < 4.78 is 23.8. The molecule has 23 heavy (non-hydrogen) atoms. The van der Waals surface area contributed by atoms with Crippen LogP contribution < -0.4 is 5.32 Å². The van der Waals surface area contributed by atoms with Crippen molar-refractivity contribution >= 4 is 17.8 Å². The van der Waals surface area contributed by atoms with Gasteiger partial charge in [-0.1, -0.05) is 18.2 Å². The van der Waals surface area contributed by atoms with E-state index in [1.165, 1.54) is 18.2 Å². The first kappa shape index (κ1) is 18.6. The Hall–Kier alpha value is -2.44. The van der Waals surface area contributed by atoms with Gasteiger partial charge in [-0.15, -0.1) is 0 Å². The van der Waals surface area contributed by atoms with E-state index in [-0.39, 0.29) is 18.8 Å². The van der Waals surface area contributed by atoms with Crippen molar-refractivity contribution in [1.82, 2.24) is 5.32 Å². The van der Waals surface area contributed by atoms with Crippen LogP contribution in [0.1, 0.15) is 26.3 Å². The molecule has 0 aliphatic carbocycles. The largest absolute Gasteiger partial charge is 0.464 e. The molecule has 1 N–H and O–H groups in total. The minimum atomic E-state index is -2.12. The van der Waals surface area contributed by atoms with Gasteiger partial charge in [0.25, 0.3) is 0 Å². The Morgan fingerprint density at radius 3 is 2.04 bits per heavy atom. The Morgan fingerprint density at radius 2 is 1.61 bits per heavy atom. The minimum Gasteiger partial charge on any atom is -0.464 e. The normalized spacial score (nSPS) is 10.8. The summed E-state index contributed by atoms with van der Waals surface area (Å²) in [6, 6.07) is 5.66. The van der Waals surface area contributed by atoms with E-state index >= 15 is 0 Å².